The van der Waals surface area contributed by atoms with Crippen molar-refractivity contribution in [3.63, 3.8) is 0 Å². The zero-order valence-electron chi connectivity index (χ0n) is 16.4. The molecule has 9 heteroatoms. The third kappa shape index (κ3) is 6.63. The molecule has 2 rings (SSSR count). The molecule has 0 bridgehead atoms. The Morgan fingerprint density at radius 3 is 2.71 bits per heavy atom. The number of H-pyrrole nitrogens is 1. The molecule has 0 spiro atoms. The number of aromatic nitrogens is 1. The van der Waals surface area contributed by atoms with E-state index in [0.717, 1.165) is 12.8 Å². The average molecular weight is 572 g/mol. The second-order valence-electron chi connectivity index (χ2n) is 7.75. The Labute approximate surface area is 183 Å². The number of amides is 1. The van der Waals surface area contributed by atoms with Crippen LogP contribution < -0.4 is 11.1 Å². The molecule has 3 N–H and O–H groups in total. The fraction of sp³-hybridized carbons (Fsp3) is 0.526. The first-order chi connectivity index (χ1) is 13.1. The molecule has 0 unspecified atom stereocenters. The normalized spacial score (nSPS) is 16.9. The zero-order valence-corrected chi connectivity index (χ0v) is 20.1. The molecule has 1 saturated heterocycles. The molecule has 150 valence electrons. The molecule has 1 aromatic rings. The van der Waals surface area contributed by atoms with Crippen LogP contribution in [-0.2, 0) is 24.1 Å². The first-order valence-electron chi connectivity index (χ1n) is 9.10. The molecular formula is C19H25BClN4O2W-. The summed E-state index contributed by atoms with van der Waals surface area (Å²) in [6.07, 6.45) is 6.22. The summed E-state index contributed by atoms with van der Waals surface area (Å²) >= 11 is 7.35. The molecular weight excluding hydrogens is 546 g/mol. The number of nitrogens with two attached hydrogens (primary N) is 1. The van der Waals surface area contributed by atoms with Gasteiger partial charge in [-0.3, -0.25) is 0 Å². The van der Waals surface area contributed by atoms with Gasteiger partial charge in [-0.05, 0) is 20.8 Å². The van der Waals surface area contributed by atoms with Gasteiger partial charge in [-0.1, -0.05) is 0 Å². The molecule has 1 amide bonds. The number of aromatic amines is 1. The minimum atomic E-state index is -0.482. The van der Waals surface area contributed by atoms with E-state index in [1.54, 1.807) is 11.0 Å². The topological polar surface area (TPSA) is 83.7 Å². The van der Waals surface area contributed by atoms with Gasteiger partial charge >= 0.3 is 148 Å². The molecule has 0 aliphatic carbocycles. The molecule has 28 heavy (non-hydrogen) atoms. The van der Waals surface area contributed by atoms with Crippen molar-refractivity contribution in [2.24, 2.45) is 10.9 Å². The van der Waals surface area contributed by atoms with Crippen molar-refractivity contribution in [2.75, 3.05) is 25.4 Å². The molecule has 0 atom stereocenters. The van der Waals surface area contributed by atoms with Gasteiger partial charge in [0.05, 0.1) is 0 Å². The van der Waals surface area contributed by atoms with Crippen LogP contribution in [0.5, 0.6) is 0 Å². The van der Waals surface area contributed by atoms with Gasteiger partial charge in [0.25, 0.3) is 0 Å². The number of carbonyl (C=O) groups excluding carboxylic acids is 1. The molecule has 1 aliphatic heterocycles. The molecule has 0 saturated carbocycles. The van der Waals surface area contributed by atoms with Gasteiger partial charge in [-0.15, -0.1) is 0 Å². The molecule has 1 aromatic heterocycles. The number of pyridine rings is 1. The van der Waals surface area contributed by atoms with Gasteiger partial charge in [0.2, 0.25) is 0 Å². The van der Waals surface area contributed by atoms with E-state index in [2.05, 4.69) is 11.2 Å². The maximum absolute atomic E-state index is 12.2. The Balaban J connectivity index is 2.08. The van der Waals surface area contributed by atoms with E-state index >= 15 is 0 Å². The summed E-state index contributed by atoms with van der Waals surface area (Å²) in [5.41, 5.74) is 7.33. The standard InChI is InChI=1S/C19H25BClN4O2.W/c1-12(20)9-14-11-24-17(21)15(22)16(14)23-10-13-5-7-25(8-6-13)18(26)27-19(2,3)4;/h1,9,13H,5-8,10,22H2,2-4H3,(H,23,24);/q-1;/b12-9+;. The van der Waals surface area contributed by atoms with Crippen LogP contribution in [0.4, 0.5) is 10.5 Å². The van der Waals surface area contributed by atoms with E-state index in [-0.39, 0.29) is 6.09 Å². The number of carbonyl (C=O) groups is 1. The van der Waals surface area contributed by atoms with E-state index < -0.39 is 5.60 Å². The number of anilines is 1. The SMILES string of the molecule is [B]/C([CH]=[W])=C/c1[c-][nH]c(Cl)c(N)c1=NCC1CCN(C(=O)OC(C)(C)C)CC1. The predicted octanol–water partition coefficient (Wildman–Crippen LogP) is 2.46. The Kier molecular flexibility index (Phi) is 8.14. The second-order valence-corrected chi connectivity index (χ2v) is 8.98. The van der Waals surface area contributed by atoms with Crippen molar-refractivity contribution in [2.45, 2.75) is 39.2 Å². The van der Waals surface area contributed by atoms with Crippen LogP contribution in [0, 0.1) is 12.1 Å². The number of halogens is 1. The summed E-state index contributed by atoms with van der Waals surface area (Å²) in [6, 6.07) is 0. The fourth-order valence-electron chi connectivity index (χ4n) is 2.82. The van der Waals surface area contributed by atoms with E-state index in [1.165, 1.54) is 19.4 Å². The Morgan fingerprint density at radius 2 is 2.14 bits per heavy atom. The monoisotopic (exact) mass is 571 g/mol. The van der Waals surface area contributed by atoms with Gasteiger partial charge in [-0.2, -0.15) is 0 Å². The summed E-state index contributed by atoms with van der Waals surface area (Å²) in [5.74, 6) is 0.359. The van der Waals surface area contributed by atoms with Gasteiger partial charge in [0.1, 0.15) is 5.60 Å². The van der Waals surface area contributed by atoms with E-state index in [9.17, 15) is 4.79 Å². The molecule has 2 heterocycles. The van der Waals surface area contributed by atoms with Crippen LogP contribution in [0.15, 0.2) is 10.5 Å². The van der Waals surface area contributed by atoms with Gasteiger partial charge in [-0.25, -0.2) is 4.79 Å². The van der Waals surface area contributed by atoms with Gasteiger partial charge in [0.15, 0.2) is 0 Å². The van der Waals surface area contributed by atoms with E-state index in [1.807, 2.05) is 25.2 Å². The molecule has 1 fully saturated rings. The van der Waals surface area contributed by atoms with Crippen LogP contribution in [0.2, 0.25) is 5.15 Å². The van der Waals surface area contributed by atoms with Crippen molar-refractivity contribution in [3.8, 4) is 0 Å². The van der Waals surface area contributed by atoms with Crippen molar-refractivity contribution >= 4 is 41.7 Å². The summed E-state index contributed by atoms with van der Waals surface area (Å²) < 4.78 is 7.31. The zero-order chi connectivity index (χ0) is 20.9. The van der Waals surface area contributed by atoms with Crippen molar-refractivity contribution in [3.05, 3.63) is 27.7 Å². The second kappa shape index (κ2) is 9.93. The van der Waals surface area contributed by atoms with Crippen LogP contribution in [0.25, 0.3) is 6.08 Å². The number of nitrogens with one attached hydrogen (secondary N) is 1. The van der Waals surface area contributed by atoms with Crippen molar-refractivity contribution < 1.29 is 28.9 Å². The van der Waals surface area contributed by atoms with E-state index in [4.69, 9.17) is 34.9 Å². The van der Waals surface area contributed by atoms with Gasteiger partial charge in [0, 0.05) is 0 Å². The van der Waals surface area contributed by atoms with Crippen LogP contribution in [-0.4, -0.2) is 53.5 Å². The summed E-state index contributed by atoms with van der Waals surface area (Å²) in [7, 11) is 5.92. The van der Waals surface area contributed by atoms with Crippen LogP contribution >= 0.6 is 11.6 Å². The summed E-state index contributed by atoms with van der Waals surface area (Å²) in [5, 5.41) is 0.901. The fourth-order valence-corrected chi connectivity index (χ4v) is 3.20. The van der Waals surface area contributed by atoms with Crippen LogP contribution in [0.1, 0.15) is 39.2 Å². The number of nitrogen functional groups attached to an aromatic ring is 1. The van der Waals surface area contributed by atoms with Gasteiger partial charge < -0.3 is 4.74 Å². The third-order valence-corrected chi connectivity index (χ3v) is 5.55. The van der Waals surface area contributed by atoms with Crippen LogP contribution in [0.3, 0.4) is 0 Å². The molecule has 6 nitrogen and oxygen atoms in total. The quantitative estimate of drug-likeness (QED) is 0.331. The first-order valence-corrected chi connectivity index (χ1v) is 11.2. The number of piperidine rings is 1. The maximum atomic E-state index is 12.2. The predicted molar refractivity (Wildman–Crippen MR) is 110 cm³/mol. The number of allylic oxidation sites excluding steroid dienone is 1. The molecule has 2 radical (unpaired) electrons. The Morgan fingerprint density at radius 1 is 1.50 bits per heavy atom. The average Bonchev–Trinajstić information content (AvgIpc) is 2.63. The first kappa shape index (κ1) is 23.0. The Hall–Kier alpha value is -1.33. The summed E-state index contributed by atoms with van der Waals surface area (Å²) in [4.78, 5) is 21.4. The van der Waals surface area contributed by atoms with E-state index in [0.29, 0.717) is 52.8 Å². The number of nitrogens with zero attached hydrogens (tertiary/aromatic N) is 2. The van der Waals surface area contributed by atoms with Crippen molar-refractivity contribution in [1.82, 2.24) is 9.88 Å². The number of likely N-dealkylation sites (tertiary alicyclic amines) is 1. The number of hydrogen-bond acceptors (Lipinski definition) is 4. The molecule has 0 aromatic carbocycles. The summed E-state index contributed by atoms with van der Waals surface area (Å²) in [6.45, 7) is 7.54. The minimum absolute atomic E-state index is 0.257. The Bertz CT molecular complexity index is 824. The third-order valence-electron chi connectivity index (χ3n) is 4.27. The van der Waals surface area contributed by atoms with Crippen molar-refractivity contribution in [1.29, 1.82) is 0 Å². The molecule has 1 aliphatic rings. The number of ether oxygens (including phenoxy) is 1. The number of hydrogen-bond donors (Lipinski definition) is 2. The number of rotatable bonds is 4.